The van der Waals surface area contributed by atoms with Crippen LogP contribution in [0.5, 0.6) is 0 Å². The number of nitrogens with zero attached hydrogens (tertiary/aromatic N) is 2. The van der Waals surface area contributed by atoms with Gasteiger partial charge in [-0.25, -0.2) is 0 Å². The predicted octanol–water partition coefficient (Wildman–Crippen LogP) is 1.07. The van der Waals surface area contributed by atoms with Gasteiger partial charge in [0.2, 0.25) is 5.91 Å². The molecule has 0 bridgehead atoms. The maximum absolute atomic E-state index is 11.1. The quantitative estimate of drug-likeness (QED) is 0.533. The Morgan fingerprint density at radius 1 is 1.42 bits per heavy atom. The number of carbonyl (C=O) groups is 1. The summed E-state index contributed by atoms with van der Waals surface area (Å²) in [5, 5.41) is 7.32. The van der Waals surface area contributed by atoms with Gasteiger partial charge in [0.05, 0.1) is 11.4 Å². The van der Waals surface area contributed by atoms with Crippen molar-refractivity contribution in [3.8, 4) is 0 Å². The number of hydrogen-bond acceptors (Lipinski definition) is 4. The van der Waals surface area contributed by atoms with Crippen LogP contribution in [0.15, 0.2) is 36.7 Å². The second-order valence-corrected chi connectivity index (χ2v) is 4.22. The fraction of sp³-hybridized carbons (Fsp3) is 0.231. The molecule has 0 saturated heterocycles. The van der Waals surface area contributed by atoms with Gasteiger partial charge in [0.25, 0.3) is 0 Å². The van der Waals surface area contributed by atoms with Crippen molar-refractivity contribution in [1.82, 2.24) is 9.78 Å². The van der Waals surface area contributed by atoms with E-state index in [-0.39, 0.29) is 0 Å². The first-order valence-corrected chi connectivity index (χ1v) is 6.07. The number of nitrogen functional groups attached to an aromatic ring is 1. The molecule has 0 spiro atoms. The molecule has 19 heavy (non-hydrogen) atoms. The number of nitrogens with two attached hydrogens (primary N) is 2. The molecular formula is C13H17N5O. The Labute approximate surface area is 111 Å². The minimum Gasteiger partial charge on any atom is -0.397 e. The van der Waals surface area contributed by atoms with Crippen molar-refractivity contribution in [3.63, 3.8) is 0 Å². The van der Waals surface area contributed by atoms with E-state index in [0.717, 1.165) is 25.2 Å². The van der Waals surface area contributed by atoms with E-state index in [9.17, 15) is 4.79 Å². The van der Waals surface area contributed by atoms with Gasteiger partial charge in [0.15, 0.2) is 0 Å². The molecule has 2 rings (SSSR count). The fourth-order valence-corrected chi connectivity index (χ4v) is 1.76. The molecule has 1 heterocycles. The molecule has 0 aliphatic heterocycles. The molecule has 1 amide bonds. The van der Waals surface area contributed by atoms with Gasteiger partial charge in [-0.1, -0.05) is 0 Å². The number of aryl methyl sites for hydroxylation is 1. The lowest BCUT2D eigenvalue weighted by Gasteiger charge is -2.10. The second kappa shape index (κ2) is 5.90. The minimum atomic E-state index is -0.459. The third-order valence-corrected chi connectivity index (χ3v) is 2.78. The molecule has 100 valence electrons. The number of hydrogen-bond donors (Lipinski definition) is 3. The van der Waals surface area contributed by atoms with Gasteiger partial charge in [-0.05, 0) is 30.7 Å². The Balaban J connectivity index is 1.88. The van der Waals surface area contributed by atoms with Crippen LogP contribution in [0.3, 0.4) is 0 Å². The average molecular weight is 259 g/mol. The third kappa shape index (κ3) is 3.48. The number of primary amides is 1. The smallest absolute Gasteiger partial charge is 0.248 e. The van der Waals surface area contributed by atoms with Crippen LogP contribution in [0.2, 0.25) is 0 Å². The lowest BCUT2D eigenvalue weighted by Crippen LogP contribution is -2.13. The zero-order chi connectivity index (χ0) is 13.7. The minimum absolute atomic E-state index is 0.448. The van der Waals surface area contributed by atoms with Crippen LogP contribution in [0, 0.1) is 0 Å². The number of carbonyl (C=O) groups excluding carboxylic acids is 1. The van der Waals surface area contributed by atoms with Crippen LogP contribution in [-0.4, -0.2) is 22.2 Å². The summed E-state index contributed by atoms with van der Waals surface area (Å²) in [4.78, 5) is 11.1. The van der Waals surface area contributed by atoms with E-state index in [1.165, 1.54) is 0 Å². The van der Waals surface area contributed by atoms with E-state index in [1.807, 2.05) is 16.9 Å². The predicted molar refractivity (Wildman–Crippen MR) is 74.7 cm³/mol. The summed E-state index contributed by atoms with van der Waals surface area (Å²) in [6.07, 6.45) is 4.58. The van der Waals surface area contributed by atoms with Crippen LogP contribution in [0.1, 0.15) is 16.8 Å². The number of rotatable bonds is 6. The van der Waals surface area contributed by atoms with Crippen molar-refractivity contribution in [2.24, 2.45) is 5.73 Å². The van der Waals surface area contributed by atoms with Crippen LogP contribution in [0.25, 0.3) is 0 Å². The third-order valence-electron chi connectivity index (χ3n) is 2.78. The molecule has 1 aromatic carbocycles. The largest absolute Gasteiger partial charge is 0.397 e. The van der Waals surface area contributed by atoms with E-state index in [4.69, 9.17) is 11.5 Å². The molecule has 0 atom stereocenters. The fourth-order valence-electron chi connectivity index (χ4n) is 1.76. The maximum atomic E-state index is 11.1. The number of benzene rings is 1. The van der Waals surface area contributed by atoms with Gasteiger partial charge in [-0.2, -0.15) is 5.10 Å². The van der Waals surface area contributed by atoms with Gasteiger partial charge < -0.3 is 16.8 Å². The molecule has 0 radical (unpaired) electrons. The molecule has 0 saturated carbocycles. The highest BCUT2D eigenvalue weighted by atomic mass is 16.1. The number of amides is 1. The summed E-state index contributed by atoms with van der Waals surface area (Å²) in [5.74, 6) is -0.459. The van der Waals surface area contributed by atoms with Crippen LogP contribution in [-0.2, 0) is 6.54 Å². The van der Waals surface area contributed by atoms with E-state index < -0.39 is 5.91 Å². The van der Waals surface area contributed by atoms with Crippen molar-refractivity contribution in [2.45, 2.75) is 13.0 Å². The second-order valence-electron chi connectivity index (χ2n) is 4.22. The lowest BCUT2D eigenvalue weighted by molar-refractivity contribution is 0.100. The number of aromatic nitrogens is 2. The molecule has 0 aliphatic carbocycles. The highest BCUT2D eigenvalue weighted by Gasteiger charge is 2.04. The van der Waals surface area contributed by atoms with E-state index in [2.05, 4.69) is 10.4 Å². The van der Waals surface area contributed by atoms with Crippen LogP contribution in [0.4, 0.5) is 11.4 Å². The highest BCUT2D eigenvalue weighted by molar-refractivity contribution is 5.94. The Hall–Kier alpha value is -2.50. The normalized spacial score (nSPS) is 10.3. The molecular weight excluding hydrogens is 242 g/mol. The topological polar surface area (TPSA) is 99.0 Å². The summed E-state index contributed by atoms with van der Waals surface area (Å²) in [6, 6.07) is 6.86. The lowest BCUT2D eigenvalue weighted by atomic mass is 10.1. The van der Waals surface area contributed by atoms with Gasteiger partial charge >= 0.3 is 0 Å². The van der Waals surface area contributed by atoms with Crippen LogP contribution >= 0.6 is 0 Å². The summed E-state index contributed by atoms with van der Waals surface area (Å²) in [6.45, 7) is 1.57. The van der Waals surface area contributed by atoms with E-state index >= 15 is 0 Å². The Kier molecular flexibility index (Phi) is 4.02. The summed E-state index contributed by atoms with van der Waals surface area (Å²) < 4.78 is 1.87. The number of nitrogens with one attached hydrogen (secondary N) is 1. The van der Waals surface area contributed by atoms with Gasteiger partial charge in [0.1, 0.15) is 0 Å². The molecule has 6 heteroatoms. The van der Waals surface area contributed by atoms with Crippen molar-refractivity contribution < 1.29 is 4.79 Å². The Morgan fingerprint density at radius 3 is 2.95 bits per heavy atom. The van der Waals surface area contributed by atoms with Crippen molar-refractivity contribution in [3.05, 3.63) is 42.2 Å². The summed E-state index contributed by atoms with van der Waals surface area (Å²) in [5.41, 5.74) is 12.8. The highest BCUT2D eigenvalue weighted by Crippen LogP contribution is 2.19. The van der Waals surface area contributed by atoms with Crippen molar-refractivity contribution >= 4 is 17.3 Å². The standard InChI is InChI=1S/C13H17N5O/c14-11-4-3-10(13(15)19)9-12(11)16-5-1-7-18-8-2-6-17-18/h2-4,6,8-9,16H,1,5,7,14H2,(H2,15,19). The van der Waals surface area contributed by atoms with Crippen molar-refractivity contribution in [1.29, 1.82) is 0 Å². The first kappa shape index (κ1) is 12.9. The zero-order valence-corrected chi connectivity index (χ0v) is 10.5. The molecule has 2 aromatic rings. The summed E-state index contributed by atoms with van der Waals surface area (Å²) >= 11 is 0. The summed E-state index contributed by atoms with van der Waals surface area (Å²) in [7, 11) is 0. The Bertz CT molecular complexity index is 550. The van der Waals surface area contributed by atoms with Gasteiger partial charge in [-0.3, -0.25) is 9.48 Å². The SMILES string of the molecule is NC(=O)c1ccc(N)c(NCCCn2cccn2)c1. The molecule has 0 unspecified atom stereocenters. The molecule has 0 fully saturated rings. The zero-order valence-electron chi connectivity index (χ0n) is 10.5. The van der Waals surface area contributed by atoms with E-state index in [1.54, 1.807) is 24.4 Å². The molecule has 6 nitrogen and oxygen atoms in total. The van der Waals surface area contributed by atoms with E-state index in [0.29, 0.717) is 11.3 Å². The number of anilines is 2. The first-order valence-electron chi connectivity index (χ1n) is 6.07. The van der Waals surface area contributed by atoms with Crippen molar-refractivity contribution in [2.75, 3.05) is 17.6 Å². The molecule has 5 N–H and O–H groups in total. The Morgan fingerprint density at radius 2 is 2.26 bits per heavy atom. The monoisotopic (exact) mass is 259 g/mol. The molecule has 1 aromatic heterocycles. The van der Waals surface area contributed by atoms with Gasteiger partial charge in [-0.15, -0.1) is 0 Å². The first-order chi connectivity index (χ1) is 9.16. The molecule has 0 aliphatic rings. The van der Waals surface area contributed by atoms with Gasteiger partial charge in [0, 0.05) is 31.0 Å². The maximum Gasteiger partial charge on any atom is 0.248 e. The average Bonchev–Trinajstić information content (AvgIpc) is 2.89. The van der Waals surface area contributed by atoms with Crippen LogP contribution < -0.4 is 16.8 Å².